The molecule has 0 bridgehead atoms. The number of hydrogen-bond acceptors (Lipinski definition) is 15. The van der Waals surface area contributed by atoms with E-state index in [1.54, 1.807) is 0 Å². The van der Waals surface area contributed by atoms with Crippen LogP contribution in [0.15, 0.2) is 24.3 Å². The summed E-state index contributed by atoms with van der Waals surface area (Å²) in [6.45, 7) is 16.2. The molecule has 0 saturated heterocycles. The van der Waals surface area contributed by atoms with Crippen molar-refractivity contribution >= 4 is 45.0 Å². The van der Waals surface area contributed by atoms with Gasteiger partial charge in [0.1, 0.15) is 12.2 Å². The molecule has 0 rings (SSSR count). The number of nitrogens with one attached hydrogen (secondary N) is 4. The average molecular weight is 1540 g/mol. The number of hydrogen-bond donors (Lipinski definition) is 4. The van der Waals surface area contributed by atoms with Crippen molar-refractivity contribution in [3.05, 3.63) is 24.3 Å². The Kier molecular flexibility index (Phi) is 74.9. The summed E-state index contributed by atoms with van der Waals surface area (Å²) in [6, 6.07) is -1.82. The van der Waals surface area contributed by atoms with E-state index in [0.717, 1.165) is 154 Å². The van der Waals surface area contributed by atoms with Gasteiger partial charge in [-0.2, -0.15) is 0 Å². The smallest absolute Gasteiger partial charge is 0.327 e. The highest BCUT2D eigenvalue weighted by atomic mass is 31.2. The Bertz CT molecular complexity index is 2050. The Morgan fingerprint density at radius 2 is 0.594 bits per heavy atom. The Labute approximate surface area is 649 Å². The lowest BCUT2D eigenvalue weighted by Crippen LogP contribution is -2.41. The maximum absolute atomic E-state index is 13.6. The summed E-state index contributed by atoms with van der Waals surface area (Å²) in [6.07, 6.45) is 64.2. The molecule has 6 unspecified atom stereocenters. The predicted molar refractivity (Wildman–Crippen MR) is 439 cm³/mol. The minimum Gasteiger partial charge on any atom is -0.462 e. The van der Waals surface area contributed by atoms with Gasteiger partial charge in [0.15, 0.2) is 0 Å². The number of ether oxygens (including phenoxy) is 4. The lowest BCUT2D eigenvalue weighted by molar-refractivity contribution is -0.151. The lowest BCUT2D eigenvalue weighted by atomic mass is 10.1. The highest BCUT2D eigenvalue weighted by molar-refractivity contribution is 7.53. The van der Waals surface area contributed by atoms with Gasteiger partial charge in [0.25, 0.3) is 0 Å². The summed E-state index contributed by atoms with van der Waals surface area (Å²) in [7, 11) is -7.36. The SMILES string of the molecule is CCCCCC/C=C\CCCC(=O)OC(CCCCCCC)CCOCC(COP(C)(=O)OCCNC(=O)NCCOP(C)(=O)OCC(COCCC(CCCCCCC)OC(=O)CCC/C=C\CCCCCC)NC(=O)CCCCCCCCCCCCC)NC(=O)CCCCCCCCCCCCC. The molecule has 0 aliphatic rings. The molecule has 0 aromatic rings. The molecule has 0 fully saturated rings. The molecule has 0 spiro atoms. The fourth-order valence-electron chi connectivity index (χ4n) is 12.5. The van der Waals surface area contributed by atoms with E-state index in [2.05, 4.69) is 87.1 Å². The Hall–Kier alpha value is -3.15. The van der Waals surface area contributed by atoms with Crippen molar-refractivity contribution < 1.29 is 70.1 Å². The van der Waals surface area contributed by atoms with Crippen LogP contribution in [0.5, 0.6) is 0 Å². The van der Waals surface area contributed by atoms with Crippen LogP contribution in [0, 0.1) is 0 Å². The molecule has 0 aromatic heterocycles. The van der Waals surface area contributed by atoms with Crippen LogP contribution in [0.3, 0.4) is 0 Å². The van der Waals surface area contributed by atoms with Crippen LogP contribution in [0.25, 0.3) is 0 Å². The zero-order valence-corrected chi connectivity index (χ0v) is 71.2. The second-order valence-corrected chi connectivity index (χ2v) is 34.0. The normalized spacial score (nSPS) is 14.0. The number of allylic oxidation sites excluding steroid dienone is 4. The van der Waals surface area contributed by atoms with Crippen LogP contribution in [-0.2, 0) is 65.4 Å². The molecule has 19 nitrogen and oxygen atoms in total. The van der Waals surface area contributed by atoms with Crippen LogP contribution in [-0.4, -0.2) is 133 Å². The molecule has 0 radical (unpaired) electrons. The quantitative estimate of drug-likeness (QED) is 0.0192. The molecule has 6 atom stereocenters. The van der Waals surface area contributed by atoms with E-state index in [1.165, 1.54) is 167 Å². The summed E-state index contributed by atoms with van der Waals surface area (Å²) in [5.74, 6) is -0.664. The summed E-state index contributed by atoms with van der Waals surface area (Å²) < 4.78 is 74.7. The first-order valence-electron chi connectivity index (χ1n) is 43.7. The first-order chi connectivity index (χ1) is 51.5. The fourth-order valence-corrected chi connectivity index (χ4v) is 14.4. The topological polar surface area (TPSA) is 241 Å². The minimum absolute atomic E-state index is 0.0111. The molecule has 0 heterocycles. The molecule has 0 aliphatic carbocycles. The van der Waals surface area contributed by atoms with Crippen molar-refractivity contribution in [3.63, 3.8) is 0 Å². The van der Waals surface area contributed by atoms with Crippen molar-refractivity contribution in [2.75, 3.05) is 79.3 Å². The third kappa shape index (κ3) is 73.6. The monoisotopic (exact) mass is 1540 g/mol. The van der Waals surface area contributed by atoms with E-state index in [4.69, 9.17) is 37.0 Å². The molecule has 21 heteroatoms. The van der Waals surface area contributed by atoms with Crippen molar-refractivity contribution in [2.45, 2.75) is 413 Å². The molecule has 624 valence electrons. The molecular weight excluding hydrogens is 1380 g/mol. The van der Waals surface area contributed by atoms with E-state index in [9.17, 15) is 33.1 Å². The van der Waals surface area contributed by atoms with Gasteiger partial charge in [0, 0.05) is 64.9 Å². The van der Waals surface area contributed by atoms with E-state index < -0.39 is 33.3 Å². The predicted octanol–water partition coefficient (Wildman–Crippen LogP) is 23.1. The number of rotatable bonds is 82. The third-order valence-corrected chi connectivity index (χ3v) is 21.7. The summed E-state index contributed by atoms with van der Waals surface area (Å²) in [4.78, 5) is 65.7. The van der Waals surface area contributed by atoms with Crippen molar-refractivity contribution in [3.8, 4) is 0 Å². The number of amides is 4. The van der Waals surface area contributed by atoms with Gasteiger partial charge in [-0.1, -0.05) is 284 Å². The van der Waals surface area contributed by atoms with Crippen LogP contribution in [0.1, 0.15) is 388 Å². The molecule has 0 saturated carbocycles. The maximum atomic E-state index is 13.6. The minimum atomic E-state index is -3.68. The Morgan fingerprint density at radius 3 is 0.915 bits per heavy atom. The number of urea groups is 1. The zero-order valence-electron chi connectivity index (χ0n) is 69.4. The zero-order chi connectivity index (χ0) is 77.8. The van der Waals surface area contributed by atoms with E-state index in [1.807, 2.05) is 0 Å². The lowest BCUT2D eigenvalue weighted by Gasteiger charge is -2.23. The van der Waals surface area contributed by atoms with Gasteiger partial charge in [-0.25, -0.2) is 4.79 Å². The number of carbonyl (C=O) groups excluding carboxylic acids is 5. The van der Waals surface area contributed by atoms with Crippen molar-refractivity contribution in [1.82, 2.24) is 21.3 Å². The highest BCUT2D eigenvalue weighted by Gasteiger charge is 2.25. The Balaban J connectivity index is 5.59. The average Bonchev–Trinajstić information content (AvgIpc) is 0.918. The first kappa shape index (κ1) is 103. The summed E-state index contributed by atoms with van der Waals surface area (Å²) in [5, 5.41) is 11.4. The molecule has 0 aliphatic heterocycles. The van der Waals surface area contributed by atoms with E-state index in [-0.39, 0.29) is 88.7 Å². The van der Waals surface area contributed by atoms with Gasteiger partial charge in [0.2, 0.25) is 11.8 Å². The molecule has 4 N–H and O–H groups in total. The first-order valence-corrected chi connectivity index (χ1v) is 47.7. The standard InChI is InChI=1S/C85H164N4O15P2/c1-9-15-21-27-31-35-37-41-43-49-55-61-81(90)88-77(73-97-69-65-79(59-53-47-25-19-13-5)103-83(92)63-57-51-45-39-33-29-23-17-11-3)75-101-105(7,95)99-71-67-86-85(94)87-68-72-100-106(8,96)102-76-78(89-82(91)62-56-50-44-42-38-36-32-28-22-16-10-2)74-98-70-66-80(60-54-48-26-20-14-6)104-84(93)64-58-52-46-40-34-30-24-18-12-4/h39-40,45-46,77-80H,9-38,41-44,47-76H2,1-8H3,(H,88,90)(H,89,91)(H2,86,87,94)/b45-39-,46-40-. The molecule has 4 amide bonds. The largest absolute Gasteiger partial charge is 0.462 e. The van der Waals surface area contributed by atoms with Gasteiger partial charge in [-0.15, -0.1) is 0 Å². The van der Waals surface area contributed by atoms with Gasteiger partial charge >= 0.3 is 33.2 Å². The third-order valence-electron chi connectivity index (χ3n) is 19.1. The number of carbonyl (C=O) groups is 5. The van der Waals surface area contributed by atoms with Crippen molar-refractivity contribution in [2.24, 2.45) is 0 Å². The molecular formula is C85H164N4O15P2. The fraction of sp³-hybridized carbons (Fsp3) is 0.894. The van der Waals surface area contributed by atoms with Crippen LogP contribution in [0.4, 0.5) is 4.79 Å². The van der Waals surface area contributed by atoms with Gasteiger partial charge in [-0.05, 0) is 89.9 Å². The van der Waals surface area contributed by atoms with E-state index in [0.29, 0.717) is 51.7 Å². The molecule has 0 aromatic carbocycles. The van der Waals surface area contributed by atoms with E-state index >= 15 is 0 Å². The highest BCUT2D eigenvalue weighted by Crippen LogP contribution is 2.44. The van der Waals surface area contributed by atoms with Crippen LogP contribution < -0.4 is 21.3 Å². The maximum Gasteiger partial charge on any atom is 0.327 e. The van der Waals surface area contributed by atoms with Gasteiger partial charge in [0.05, 0.1) is 64.9 Å². The van der Waals surface area contributed by atoms with Crippen LogP contribution in [0.2, 0.25) is 0 Å². The number of unbranched alkanes of at least 4 members (excludes halogenated alkanes) is 38. The van der Waals surface area contributed by atoms with Crippen molar-refractivity contribution in [1.29, 1.82) is 0 Å². The van der Waals surface area contributed by atoms with Gasteiger partial charge in [-0.3, -0.25) is 28.3 Å². The summed E-state index contributed by atoms with van der Waals surface area (Å²) in [5.41, 5.74) is 0. The number of esters is 2. The van der Waals surface area contributed by atoms with Crippen LogP contribution >= 0.6 is 15.2 Å². The summed E-state index contributed by atoms with van der Waals surface area (Å²) >= 11 is 0. The Morgan fingerprint density at radius 1 is 0.311 bits per heavy atom. The van der Waals surface area contributed by atoms with Gasteiger partial charge < -0.3 is 58.3 Å². The second kappa shape index (κ2) is 77.2. The second-order valence-electron chi connectivity index (χ2n) is 29.9. The molecule has 106 heavy (non-hydrogen) atoms.